The first-order valence-corrected chi connectivity index (χ1v) is 4.28. The first kappa shape index (κ1) is 9.48. The third kappa shape index (κ3) is 2.79. The molecule has 4 nitrogen and oxygen atoms in total. The predicted molar refractivity (Wildman–Crippen MR) is 45.5 cm³/mol. The highest BCUT2D eigenvalue weighted by atomic mass is 16.7. The Labute approximate surface area is 73.0 Å². The summed E-state index contributed by atoms with van der Waals surface area (Å²) in [5.74, 6) is 0.261. The van der Waals surface area contributed by atoms with E-state index in [1.165, 1.54) is 0 Å². The summed E-state index contributed by atoms with van der Waals surface area (Å²) in [7, 11) is 3.68. The molecule has 0 atom stereocenters. The lowest BCUT2D eigenvalue weighted by molar-refractivity contribution is -0.138. The summed E-state index contributed by atoms with van der Waals surface area (Å²) < 4.78 is 0. The Kier molecular flexibility index (Phi) is 3.49. The van der Waals surface area contributed by atoms with Gasteiger partial charge in [-0.25, -0.2) is 0 Å². The van der Waals surface area contributed by atoms with Gasteiger partial charge in [0.05, 0.1) is 6.61 Å². The van der Waals surface area contributed by atoms with Crippen molar-refractivity contribution in [3.63, 3.8) is 0 Å². The number of hydrogen-bond donors (Lipinski definition) is 0. The van der Waals surface area contributed by atoms with Crippen LogP contribution >= 0.6 is 0 Å². The minimum absolute atomic E-state index is 0.261. The van der Waals surface area contributed by atoms with Crippen LogP contribution in [-0.4, -0.2) is 49.7 Å². The van der Waals surface area contributed by atoms with Crippen LogP contribution in [0.25, 0.3) is 0 Å². The first-order valence-electron chi connectivity index (χ1n) is 4.28. The Hall–Kier alpha value is -0.610. The lowest BCUT2D eigenvalue weighted by atomic mass is 10.4. The fourth-order valence-corrected chi connectivity index (χ4v) is 1.27. The quantitative estimate of drug-likeness (QED) is 0.564. The van der Waals surface area contributed by atoms with Gasteiger partial charge in [-0.1, -0.05) is 0 Å². The second-order valence-electron chi connectivity index (χ2n) is 3.13. The molecular formula is C8H16N2O2. The van der Waals surface area contributed by atoms with E-state index in [2.05, 4.69) is 0 Å². The van der Waals surface area contributed by atoms with E-state index in [0.717, 1.165) is 19.5 Å². The molecule has 12 heavy (non-hydrogen) atoms. The van der Waals surface area contributed by atoms with Crippen LogP contribution in [0.3, 0.4) is 0 Å². The van der Waals surface area contributed by atoms with E-state index in [4.69, 9.17) is 4.84 Å². The lowest BCUT2D eigenvalue weighted by Gasteiger charge is -2.17. The fourth-order valence-electron chi connectivity index (χ4n) is 1.27. The Bertz CT molecular complexity index is 159. The van der Waals surface area contributed by atoms with Gasteiger partial charge in [-0.3, -0.25) is 9.63 Å². The molecule has 70 valence electrons. The lowest BCUT2D eigenvalue weighted by Crippen LogP contribution is -2.30. The number of carbonyl (C=O) groups excluding carboxylic acids is 1. The van der Waals surface area contributed by atoms with Crippen LogP contribution in [0, 0.1) is 0 Å². The monoisotopic (exact) mass is 172 g/mol. The zero-order chi connectivity index (χ0) is 8.97. The molecule has 0 aromatic heterocycles. The summed E-state index contributed by atoms with van der Waals surface area (Å²) in [5.41, 5.74) is 0. The van der Waals surface area contributed by atoms with Gasteiger partial charge in [0.25, 0.3) is 0 Å². The summed E-state index contributed by atoms with van der Waals surface area (Å²) in [6.07, 6.45) is 1.71. The molecule has 0 bridgehead atoms. The highest BCUT2D eigenvalue weighted by Crippen LogP contribution is 2.08. The average molecular weight is 172 g/mol. The molecule has 4 heteroatoms. The van der Waals surface area contributed by atoms with Crippen molar-refractivity contribution in [3.8, 4) is 0 Å². The van der Waals surface area contributed by atoms with Crippen LogP contribution < -0.4 is 0 Å². The Morgan fingerprint density at radius 3 is 2.83 bits per heavy atom. The highest BCUT2D eigenvalue weighted by molar-refractivity contribution is 5.77. The summed E-state index contributed by atoms with van der Waals surface area (Å²) in [6.45, 7) is 2.21. The summed E-state index contributed by atoms with van der Waals surface area (Å²) in [4.78, 5) is 18.1. The van der Waals surface area contributed by atoms with E-state index in [9.17, 15) is 4.79 Å². The molecule has 0 aromatic rings. The summed E-state index contributed by atoms with van der Waals surface area (Å²) >= 11 is 0. The molecular weight excluding hydrogens is 156 g/mol. The number of hydroxylamine groups is 2. The molecule has 1 aliphatic heterocycles. The van der Waals surface area contributed by atoms with Crippen molar-refractivity contribution in [2.75, 3.05) is 33.8 Å². The molecule has 1 aliphatic rings. The van der Waals surface area contributed by atoms with Crippen molar-refractivity contribution in [2.24, 2.45) is 0 Å². The van der Waals surface area contributed by atoms with Crippen LogP contribution in [0.15, 0.2) is 0 Å². The molecule has 0 aromatic carbocycles. The maximum absolute atomic E-state index is 11.1. The van der Waals surface area contributed by atoms with Crippen molar-refractivity contribution < 1.29 is 9.63 Å². The van der Waals surface area contributed by atoms with Gasteiger partial charge in [0, 0.05) is 33.6 Å². The van der Waals surface area contributed by atoms with Gasteiger partial charge >= 0.3 is 0 Å². The molecule has 0 unspecified atom stereocenters. The summed E-state index contributed by atoms with van der Waals surface area (Å²) in [5, 5.41) is 1.65. The zero-order valence-corrected chi connectivity index (χ0v) is 7.75. The molecule has 1 fully saturated rings. The highest BCUT2D eigenvalue weighted by Gasteiger charge is 2.19. The average Bonchev–Trinajstić information content (AvgIpc) is 2.36. The van der Waals surface area contributed by atoms with Crippen molar-refractivity contribution in [2.45, 2.75) is 12.8 Å². The predicted octanol–water partition coefficient (Wildman–Crippen LogP) is 0.102. The number of hydrogen-bond acceptors (Lipinski definition) is 3. The van der Waals surface area contributed by atoms with Crippen molar-refractivity contribution in [1.82, 2.24) is 9.96 Å². The molecule has 1 heterocycles. The Morgan fingerprint density at radius 2 is 2.33 bits per heavy atom. The van der Waals surface area contributed by atoms with Crippen LogP contribution in [0.4, 0.5) is 0 Å². The number of rotatable bonds is 4. The van der Waals surface area contributed by atoms with Gasteiger partial charge in [-0.15, -0.1) is 0 Å². The number of carbonyl (C=O) groups is 1. The molecule has 0 aliphatic carbocycles. The van der Waals surface area contributed by atoms with Crippen molar-refractivity contribution in [3.05, 3.63) is 0 Å². The van der Waals surface area contributed by atoms with E-state index in [-0.39, 0.29) is 5.91 Å². The van der Waals surface area contributed by atoms with E-state index in [0.29, 0.717) is 13.0 Å². The van der Waals surface area contributed by atoms with Gasteiger partial charge in [-0.05, 0) is 6.42 Å². The van der Waals surface area contributed by atoms with Crippen molar-refractivity contribution in [1.29, 1.82) is 0 Å². The van der Waals surface area contributed by atoms with Gasteiger partial charge in [0.1, 0.15) is 0 Å². The normalized spacial score (nSPS) is 17.9. The number of nitrogens with zero attached hydrogens (tertiary/aromatic N) is 2. The second-order valence-corrected chi connectivity index (χ2v) is 3.13. The van der Waals surface area contributed by atoms with Gasteiger partial charge in [-0.2, -0.15) is 5.06 Å². The largest absolute Gasteiger partial charge is 0.340 e. The zero-order valence-electron chi connectivity index (χ0n) is 7.75. The third-order valence-corrected chi connectivity index (χ3v) is 1.88. The Morgan fingerprint density at radius 1 is 1.58 bits per heavy atom. The molecule has 1 saturated heterocycles. The maximum atomic E-state index is 11.1. The third-order valence-electron chi connectivity index (χ3n) is 1.88. The SMILES string of the molecule is CN(C)OCCN1CCCC1=O. The molecule has 0 saturated carbocycles. The van der Waals surface area contributed by atoms with E-state index in [1.807, 2.05) is 19.0 Å². The maximum Gasteiger partial charge on any atom is 0.222 e. The van der Waals surface area contributed by atoms with Crippen LogP contribution in [0.5, 0.6) is 0 Å². The topological polar surface area (TPSA) is 32.8 Å². The number of likely N-dealkylation sites (tertiary alicyclic amines) is 1. The fraction of sp³-hybridized carbons (Fsp3) is 0.875. The van der Waals surface area contributed by atoms with Crippen LogP contribution in [0.1, 0.15) is 12.8 Å². The van der Waals surface area contributed by atoms with Gasteiger partial charge in [0.2, 0.25) is 5.91 Å². The first-order chi connectivity index (χ1) is 5.70. The molecule has 0 spiro atoms. The molecule has 0 radical (unpaired) electrons. The smallest absolute Gasteiger partial charge is 0.222 e. The van der Waals surface area contributed by atoms with Crippen LogP contribution in [-0.2, 0) is 9.63 Å². The van der Waals surface area contributed by atoms with Gasteiger partial charge < -0.3 is 4.90 Å². The number of amides is 1. The Balaban J connectivity index is 2.10. The van der Waals surface area contributed by atoms with Crippen LogP contribution in [0.2, 0.25) is 0 Å². The molecule has 1 amide bonds. The summed E-state index contributed by atoms with van der Waals surface area (Å²) in [6, 6.07) is 0. The molecule has 1 rings (SSSR count). The van der Waals surface area contributed by atoms with Crippen molar-refractivity contribution >= 4 is 5.91 Å². The minimum atomic E-state index is 0.261. The molecule has 0 N–H and O–H groups in total. The van der Waals surface area contributed by atoms with Gasteiger partial charge in [0.15, 0.2) is 0 Å². The van der Waals surface area contributed by atoms with E-state index in [1.54, 1.807) is 5.06 Å². The van der Waals surface area contributed by atoms with E-state index >= 15 is 0 Å². The standard InChI is InChI=1S/C8H16N2O2/c1-9(2)12-7-6-10-5-3-4-8(10)11/h3-7H2,1-2H3. The van der Waals surface area contributed by atoms with E-state index < -0.39 is 0 Å². The second kappa shape index (κ2) is 4.42. The minimum Gasteiger partial charge on any atom is -0.340 e.